The summed E-state index contributed by atoms with van der Waals surface area (Å²) in [5.74, 6) is -1.76. The number of ether oxygens (including phenoxy) is 2. The van der Waals surface area contributed by atoms with Crippen LogP contribution in [0.3, 0.4) is 0 Å². The number of hydrogen-bond donors (Lipinski definition) is 0. The Balaban J connectivity index is -0.000000720. The summed E-state index contributed by atoms with van der Waals surface area (Å²) in [4.78, 5) is 10.7. The molecule has 0 aliphatic heterocycles. The molecule has 0 unspecified atom stereocenters. The molecule has 0 aromatic carbocycles. The zero-order valence-electron chi connectivity index (χ0n) is 9.61. The first-order chi connectivity index (χ1) is 6.11. The fourth-order valence-corrected chi connectivity index (χ4v) is 0.606. The van der Waals surface area contributed by atoms with Crippen molar-refractivity contribution in [3.63, 3.8) is 0 Å². The SMILES string of the molecule is CCOC(=O)[C@@H]([O-])/C=C(\[O-])OCC.[Li+].[Li+]. The predicted molar refractivity (Wildman–Crippen MR) is 40.1 cm³/mol. The van der Waals surface area contributed by atoms with Gasteiger partial charge in [-0.2, -0.15) is 0 Å². The van der Waals surface area contributed by atoms with E-state index in [0.29, 0.717) is 6.08 Å². The van der Waals surface area contributed by atoms with E-state index in [-0.39, 0.29) is 50.9 Å². The van der Waals surface area contributed by atoms with Crippen molar-refractivity contribution in [1.82, 2.24) is 0 Å². The molecule has 0 aromatic heterocycles. The van der Waals surface area contributed by atoms with Gasteiger partial charge in [0.15, 0.2) is 0 Å². The number of rotatable bonds is 5. The monoisotopic (exact) mass is 202 g/mol. The minimum atomic E-state index is -1.79. The second-order valence-electron chi connectivity index (χ2n) is 2.09. The molecule has 5 nitrogen and oxygen atoms in total. The van der Waals surface area contributed by atoms with Gasteiger partial charge in [-0.3, -0.25) is 4.79 Å². The van der Waals surface area contributed by atoms with Crippen molar-refractivity contribution >= 4 is 5.97 Å². The van der Waals surface area contributed by atoms with Crippen molar-refractivity contribution < 1.29 is 62.2 Å². The minimum absolute atomic E-state index is 0. The van der Waals surface area contributed by atoms with Crippen molar-refractivity contribution in [2.75, 3.05) is 13.2 Å². The Kier molecular flexibility index (Phi) is 16.4. The molecule has 0 fully saturated rings. The maximum atomic E-state index is 10.9. The van der Waals surface area contributed by atoms with Gasteiger partial charge >= 0.3 is 37.7 Å². The van der Waals surface area contributed by atoms with Crippen molar-refractivity contribution in [3.8, 4) is 0 Å². The van der Waals surface area contributed by atoms with E-state index in [1.165, 1.54) is 0 Å². The van der Waals surface area contributed by atoms with E-state index in [0.717, 1.165) is 0 Å². The van der Waals surface area contributed by atoms with Crippen molar-refractivity contribution in [1.29, 1.82) is 0 Å². The smallest absolute Gasteiger partial charge is 0.841 e. The average Bonchev–Trinajstić information content (AvgIpc) is 2.05. The first-order valence-corrected chi connectivity index (χ1v) is 3.95. The first kappa shape index (κ1) is 20.4. The van der Waals surface area contributed by atoms with Gasteiger partial charge in [0.2, 0.25) is 0 Å². The average molecular weight is 202 g/mol. The largest absolute Gasteiger partial charge is 1.00 e. The standard InChI is InChI=1S/C8H13O5.2Li/c1-3-12-7(10)5-6(9)8(11)13-4-2;;/h5-6,10H,3-4H2,1-2H3;;/q-1;2*+1/p-1/b7-5+;;/t6-;;/m0../s1. The molecule has 15 heavy (non-hydrogen) atoms. The number of carbonyl (C=O) groups is 1. The Morgan fingerprint density at radius 1 is 1.27 bits per heavy atom. The summed E-state index contributed by atoms with van der Waals surface area (Å²) in [6.45, 7) is 3.48. The van der Waals surface area contributed by atoms with Crippen molar-refractivity contribution in [2.45, 2.75) is 20.0 Å². The number of hydrogen-bond acceptors (Lipinski definition) is 5. The molecule has 76 valence electrons. The van der Waals surface area contributed by atoms with Gasteiger partial charge in [-0.1, -0.05) is 13.0 Å². The van der Waals surface area contributed by atoms with Crippen LogP contribution in [0.1, 0.15) is 13.8 Å². The minimum Gasteiger partial charge on any atom is -0.841 e. The van der Waals surface area contributed by atoms with Gasteiger partial charge in [0.25, 0.3) is 5.97 Å². The Labute approximate surface area is 113 Å². The maximum Gasteiger partial charge on any atom is 1.00 e. The van der Waals surface area contributed by atoms with Gasteiger partial charge in [0.05, 0.1) is 6.61 Å². The van der Waals surface area contributed by atoms with E-state index in [2.05, 4.69) is 9.47 Å². The molecule has 0 rings (SSSR count). The third-order valence-corrected chi connectivity index (χ3v) is 1.09. The molecule has 1 atom stereocenters. The molecule has 0 aromatic rings. The molecule has 0 heterocycles. The molecule has 0 spiro atoms. The zero-order valence-corrected chi connectivity index (χ0v) is 9.61. The van der Waals surface area contributed by atoms with Gasteiger partial charge in [-0.25, -0.2) is 0 Å². The molecule has 0 aliphatic rings. The van der Waals surface area contributed by atoms with Crippen LogP contribution in [0, 0.1) is 0 Å². The molecule has 0 amide bonds. The molecule has 0 radical (unpaired) electrons. The summed E-state index contributed by atoms with van der Waals surface area (Å²) < 4.78 is 8.83. The summed E-state index contributed by atoms with van der Waals surface area (Å²) in [5, 5.41) is 21.5. The molecule has 0 N–H and O–H groups in total. The zero-order chi connectivity index (χ0) is 10.3. The van der Waals surface area contributed by atoms with E-state index in [1.54, 1.807) is 13.8 Å². The van der Waals surface area contributed by atoms with Crippen molar-refractivity contribution in [3.05, 3.63) is 12.0 Å². The van der Waals surface area contributed by atoms with Gasteiger partial charge in [0.1, 0.15) is 0 Å². The maximum absolute atomic E-state index is 10.9. The first-order valence-electron chi connectivity index (χ1n) is 3.95. The Bertz CT molecular complexity index is 195. The Morgan fingerprint density at radius 3 is 2.13 bits per heavy atom. The Hall–Kier alpha value is -0.0352. The van der Waals surface area contributed by atoms with Crippen LogP contribution < -0.4 is 47.9 Å². The quantitative estimate of drug-likeness (QED) is 0.251. The second-order valence-corrected chi connectivity index (χ2v) is 2.09. The van der Waals surface area contributed by atoms with E-state index in [4.69, 9.17) is 0 Å². The normalized spacial score (nSPS) is 11.8. The molecule has 0 bridgehead atoms. The fraction of sp³-hybridized carbons (Fsp3) is 0.625. The van der Waals surface area contributed by atoms with Crippen LogP contribution in [0.5, 0.6) is 0 Å². The topological polar surface area (TPSA) is 81.7 Å². The van der Waals surface area contributed by atoms with Crippen LogP contribution in [-0.2, 0) is 14.3 Å². The van der Waals surface area contributed by atoms with E-state index in [9.17, 15) is 15.0 Å². The third kappa shape index (κ3) is 10.3. The number of esters is 1. The van der Waals surface area contributed by atoms with Crippen LogP contribution in [0.15, 0.2) is 12.0 Å². The van der Waals surface area contributed by atoms with Crippen LogP contribution in [0.25, 0.3) is 0 Å². The van der Waals surface area contributed by atoms with Crippen LogP contribution in [0.4, 0.5) is 0 Å². The van der Waals surface area contributed by atoms with Gasteiger partial charge < -0.3 is 19.7 Å². The second kappa shape index (κ2) is 12.0. The van der Waals surface area contributed by atoms with Crippen LogP contribution in [-0.4, -0.2) is 25.3 Å². The van der Waals surface area contributed by atoms with Gasteiger partial charge in [-0.05, 0) is 19.6 Å². The molecule has 0 saturated heterocycles. The molecule has 0 saturated carbocycles. The molecular formula is C8H12Li2O5. The van der Waals surface area contributed by atoms with E-state index in [1.807, 2.05) is 0 Å². The fourth-order valence-electron chi connectivity index (χ4n) is 0.606. The predicted octanol–water partition coefficient (Wildman–Crippen LogP) is -7.48. The molecule has 7 heteroatoms. The summed E-state index contributed by atoms with van der Waals surface area (Å²) in [6, 6.07) is 0. The van der Waals surface area contributed by atoms with Gasteiger partial charge in [0, 0.05) is 5.95 Å². The molecule has 0 aliphatic carbocycles. The van der Waals surface area contributed by atoms with Crippen LogP contribution >= 0.6 is 0 Å². The van der Waals surface area contributed by atoms with E-state index >= 15 is 0 Å². The number of carbonyl (C=O) groups excluding carboxylic acids is 1. The van der Waals surface area contributed by atoms with E-state index < -0.39 is 18.0 Å². The van der Waals surface area contributed by atoms with Gasteiger partial charge in [-0.15, -0.1) is 0 Å². The molecular weight excluding hydrogens is 190 g/mol. The van der Waals surface area contributed by atoms with Crippen LogP contribution in [0.2, 0.25) is 0 Å². The summed E-state index contributed by atoms with van der Waals surface area (Å²) in [7, 11) is 0. The summed E-state index contributed by atoms with van der Waals surface area (Å²) in [5.41, 5.74) is 0. The summed E-state index contributed by atoms with van der Waals surface area (Å²) in [6.07, 6.45) is -1.14. The third-order valence-electron chi connectivity index (χ3n) is 1.09. The Morgan fingerprint density at radius 2 is 1.73 bits per heavy atom. The van der Waals surface area contributed by atoms with Crippen molar-refractivity contribution in [2.24, 2.45) is 0 Å². The summed E-state index contributed by atoms with van der Waals surface area (Å²) >= 11 is 0.